The number of nitrogens with zero attached hydrogens (tertiary/aromatic N) is 4. The Balaban J connectivity index is 0.00000289. The van der Waals surface area contributed by atoms with Crippen LogP contribution in [0.4, 0.5) is 5.82 Å². The first kappa shape index (κ1) is 24.6. The minimum absolute atomic E-state index is 0. The smallest absolute Gasteiger partial charge is 0.251 e. The van der Waals surface area contributed by atoms with Gasteiger partial charge in [0.05, 0.1) is 28.0 Å². The summed E-state index contributed by atoms with van der Waals surface area (Å²) in [6.07, 6.45) is 7.03. The number of para-hydroxylation sites is 1. The monoisotopic (exact) mass is 487 g/mol. The van der Waals surface area contributed by atoms with Crippen LogP contribution in [-0.2, 0) is 5.54 Å². The Labute approximate surface area is 211 Å². The van der Waals surface area contributed by atoms with Gasteiger partial charge in [0.15, 0.2) is 0 Å². The van der Waals surface area contributed by atoms with Crippen molar-refractivity contribution in [3.05, 3.63) is 78.0 Å². The third-order valence-electron chi connectivity index (χ3n) is 6.42. The first-order valence-electron chi connectivity index (χ1n) is 11.4. The molecule has 0 saturated heterocycles. The molecule has 0 bridgehead atoms. The number of pyridine rings is 2. The van der Waals surface area contributed by atoms with Crippen LogP contribution in [-0.4, -0.2) is 39.4 Å². The quantitative estimate of drug-likeness (QED) is 0.363. The first-order valence-corrected chi connectivity index (χ1v) is 11.4. The molecule has 4 aromatic rings. The van der Waals surface area contributed by atoms with Gasteiger partial charge in [-0.25, -0.2) is 9.97 Å². The molecule has 1 saturated carbocycles. The molecule has 3 heterocycles. The maximum Gasteiger partial charge on any atom is 0.251 e. The minimum atomic E-state index is -0.245. The first-order chi connectivity index (χ1) is 16.5. The summed E-state index contributed by atoms with van der Waals surface area (Å²) in [6, 6.07) is 13.6. The fourth-order valence-corrected chi connectivity index (χ4v) is 4.14. The summed E-state index contributed by atoms with van der Waals surface area (Å²) in [6.45, 7) is 2.77. The molecule has 0 radical (unpaired) electrons. The molecule has 8 nitrogen and oxygen atoms in total. The summed E-state index contributed by atoms with van der Waals surface area (Å²) in [4.78, 5) is 30.2. The average molecular weight is 488 g/mol. The van der Waals surface area contributed by atoms with Crippen molar-refractivity contribution in [2.24, 2.45) is 5.73 Å². The number of rotatable bonds is 7. The van der Waals surface area contributed by atoms with E-state index in [2.05, 4.69) is 43.6 Å². The van der Waals surface area contributed by atoms with Crippen molar-refractivity contribution in [2.75, 3.05) is 18.9 Å². The van der Waals surface area contributed by atoms with Crippen LogP contribution in [0, 0.1) is 0 Å². The van der Waals surface area contributed by atoms with Gasteiger partial charge in [-0.2, -0.15) is 13.5 Å². The van der Waals surface area contributed by atoms with E-state index in [-0.39, 0.29) is 30.9 Å². The van der Waals surface area contributed by atoms with Crippen molar-refractivity contribution >= 4 is 36.1 Å². The predicted molar refractivity (Wildman–Crippen MR) is 143 cm³/mol. The molecule has 5 rings (SSSR count). The van der Waals surface area contributed by atoms with Crippen LogP contribution in [0.15, 0.2) is 61.2 Å². The molecule has 1 amide bonds. The van der Waals surface area contributed by atoms with Gasteiger partial charge in [-0.3, -0.25) is 14.8 Å². The van der Waals surface area contributed by atoms with Gasteiger partial charge in [0, 0.05) is 48.9 Å². The lowest BCUT2D eigenvalue weighted by Gasteiger charge is -2.16. The molecule has 180 valence electrons. The standard InChI is InChI=1S/C26H27N7O.H2S/c1-16(18-4-3-5-19-20(25(34)28-2)8-11-29-24(18)19)13-31-23-12-21(32-15-33-23)17-6-7-22(30-14-17)26(27)9-10-26;/h3-8,11-12,14-16H,9-10,13,27H2,1-2H3,(H,28,34)(H,31,32,33);1H2/t16-;/m1./s1. The zero-order chi connectivity index (χ0) is 23.7. The van der Waals surface area contributed by atoms with Gasteiger partial charge >= 0.3 is 0 Å². The number of carbonyl (C=O) groups is 1. The molecule has 35 heavy (non-hydrogen) atoms. The van der Waals surface area contributed by atoms with Crippen LogP contribution in [0.25, 0.3) is 22.2 Å². The van der Waals surface area contributed by atoms with Crippen LogP contribution in [0.3, 0.4) is 0 Å². The van der Waals surface area contributed by atoms with Gasteiger partial charge in [0.1, 0.15) is 12.1 Å². The van der Waals surface area contributed by atoms with Crippen molar-refractivity contribution < 1.29 is 4.79 Å². The summed E-state index contributed by atoms with van der Waals surface area (Å²) in [5, 5.41) is 6.95. The molecule has 4 N–H and O–H groups in total. The zero-order valence-electron chi connectivity index (χ0n) is 19.7. The number of hydrogen-bond donors (Lipinski definition) is 3. The Kier molecular flexibility index (Phi) is 7.00. The minimum Gasteiger partial charge on any atom is -0.369 e. The molecule has 1 fully saturated rings. The molecule has 9 heteroatoms. The molecule has 1 aliphatic carbocycles. The molecule has 1 aromatic carbocycles. The van der Waals surface area contributed by atoms with Gasteiger partial charge in [-0.05, 0) is 36.6 Å². The predicted octanol–water partition coefficient (Wildman–Crippen LogP) is 3.72. The van der Waals surface area contributed by atoms with E-state index in [1.54, 1.807) is 25.6 Å². The third-order valence-corrected chi connectivity index (χ3v) is 6.42. The number of hydrogen-bond acceptors (Lipinski definition) is 7. The third kappa shape index (κ3) is 4.96. The topological polar surface area (TPSA) is 119 Å². The normalized spacial score (nSPS) is 14.6. The maximum atomic E-state index is 12.3. The fourth-order valence-electron chi connectivity index (χ4n) is 4.14. The van der Waals surface area contributed by atoms with Crippen LogP contribution in [0.1, 0.15) is 47.3 Å². The summed E-state index contributed by atoms with van der Waals surface area (Å²) < 4.78 is 0. The molecule has 0 unspecified atom stereocenters. The van der Waals surface area contributed by atoms with Crippen molar-refractivity contribution in [2.45, 2.75) is 31.2 Å². The number of aromatic nitrogens is 4. The second-order valence-electron chi connectivity index (χ2n) is 8.84. The summed E-state index contributed by atoms with van der Waals surface area (Å²) in [7, 11) is 1.63. The van der Waals surface area contributed by atoms with Gasteiger partial charge in [0.25, 0.3) is 5.91 Å². The van der Waals surface area contributed by atoms with E-state index in [0.29, 0.717) is 12.1 Å². The van der Waals surface area contributed by atoms with Gasteiger partial charge < -0.3 is 16.4 Å². The summed E-state index contributed by atoms with van der Waals surface area (Å²) in [5.41, 5.74) is 11.2. The Morgan fingerprint density at radius 3 is 2.66 bits per heavy atom. The second-order valence-corrected chi connectivity index (χ2v) is 8.84. The van der Waals surface area contributed by atoms with E-state index in [4.69, 9.17) is 5.73 Å². The van der Waals surface area contributed by atoms with E-state index in [0.717, 1.165) is 52.1 Å². The number of nitrogens with two attached hydrogens (primary N) is 1. The average Bonchev–Trinajstić information content (AvgIpc) is 3.64. The van der Waals surface area contributed by atoms with E-state index in [1.807, 2.05) is 36.5 Å². The zero-order valence-corrected chi connectivity index (χ0v) is 20.7. The number of anilines is 1. The number of fused-ring (bicyclic) bond motifs is 1. The van der Waals surface area contributed by atoms with Crippen LogP contribution >= 0.6 is 13.5 Å². The highest BCUT2D eigenvalue weighted by Crippen LogP contribution is 2.41. The molecular weight excluding hydrogens is 458 g/mol. The number of nitrogens with one attached hydrogen (secondary N) is 2. The highest BCUT2D eigenvalue weighted by atomic mass is 32.1. The van der Waals surface area contributed by atoms with Crippen LogP contribution < -0.4 is 16.4 Å². The van der Waals surface area contributed by atoms with Crippen molar-refractivity contribution in [1.82, 2.24) is 25.3 Å². The Bertz CT molecular complexity index is 1360. The number of benzene rings is 1. The number of amides is 1. The second kappa shape index (κ2) is 9.97. The molecule has 1 aliphatic rings. The highest BCUT2D eigenvalue weighted by Gasteiger charge is 2.41. The van der Waals surface area contributed by atoms with Gasteiger partial charge in [0.2, 0.25) is 0 Å². The lowest BCUT2D eigenvalue weighted by Crippen LogP contribution is -2.20. The van der Waals surface area contributed by atoms with Gasteiger partial charge in [-0.1, -0.05) is 25.1 Å². The fraction of sp³-hybridized carbons (Fsp3) is 0.269. The SMILES string of the molecule is CNC(=O)c1ccnc2c([C@H](C)CNc3cc(-c4ccc(C5(N)CC5)nc4)ncn3)cccc12.S. The Morgan fingerprint density at radius 1 is 1.11 bits per heavy atom. The van der Waals surface area contributed by atoms with Crippen LogP contribution in [0.2, 0.25) is 0 Å². The molecule has 3 aromatic heterocycles. The highest BCUT2D eigenvalue weighted by molar-refractivity contribution is 7.59. The van der Waals surface area contributed by atoms with Crippen molar-refractivity contribution in [3.8, 4) is 11.3 Å². The molecule has 0 aliphatic heterocycles. The molecule has 0 spiro atoms. The summed E-state index contributed by atoms with van der Waals surface area (Å²) >= 11 is 0. The lowest BCUT2D eigenvalue weighted by atomic mass is 9.96. The maximum absolute atomic E-state index is 12.3. The van der Waals surface area contributed by atoms with E-state index in [9.17, 15) is 4.79 Å². The van der Waals surface area contributed by atoms with Crippen LogP contribution in [0.5, 0.6) is 0 Å². The largest absolute Gasteiger partial charge is 0.369 e. The Hall–Kier alpha value is -3.56. The Morgan fingerprint density at radius 2 is 1.94 bits per heavy atom. The van der Waals surface area contributed by atoms with E-state index >= 15 is 0 Å². The molecule has 1 atom stereocenters. The molecular formula is C26H29N7OS. The van der Waals surface area contributed by atoms with Gasteiger partial charge in [-0.15, -0.1) is 0 Å². The van der Waals surface area contributed by atoms with Crippen molar-refractivity contribution in [1.29, 1.82) is 0 Å². The summed E-state index contributed by atoms with van der Waals surface area (Å²) in [5.74, 6) is 0.748. The van der Waals surface area contributed by atoms with Crippen molar-refractivity contribution in [3.63, 3.8) is 0 Å². The van der Waals surface area contributed by atoms with E-state index < -0.39 is 0 Å². The van der Waals surface area contributed by atoms with E-state index in [1.165, 1.54) is 0 Å². The lowest BCUT2D eigenvalue weighted by molar-refractivity contribution is 0.0964. The number of carbonyl (C=O) groups excluding carboxylic acids is 1.